The van der Waals surface area contributed by atoms with Gasteiger partial charge in [0.1, 0.15) is 11.3 Å². The second kappa shape index (κ2) is 7.36. The highest BCUT2D eigenvalue weighted by atomic mass is 16.5. The zero-order chi connectivity index (χ0) is 17.7. The first kappa shape index (κ1) is 17.1. The first-order valence-electron chi connectivity index (χ1n) is 6.86. The van der Waals surface area contributed by atoms with E-state index in [2.05, 4.69) is 0 Å². The minimum absolute atomic E-state index is 0.0521. The fourth-order valence-corrected chi connectivity index (χ4v) is 2.09. The summed E-state index contributed by atoms with van der Waals surface area (Å²) < 4.78 is 20.7. The van der Waals surface area contributed by atoms with E-state index < -0.39 is 11.9 Å². The van der Waals surface area contributed by atoms with Gasteiger partial charge in [0, 0.05) is 0 Å². The number of carbonyl (C=O) groups is 2. The molecule has 0 amide bonds. The SMILES string of the molecule is COc1cc(C(=O)Oc2ccccc2C(=O)O)cc(OC)c1OC. The molecule has 24 heavy (non-hydrogen) atoms. The summed E-state index contributed by atoms with van der Waals surface area (Å²) in [5.74, 6) is -1.08. The van der Waals surface area contributed by atoms with Gasteiger partial charge in [0.05, 0.1) is 26.9 Å². The van der Waals surface area contributed by atoms with Crippen molar-refractivity contribution in [1.29, 1.82) is 0 Å². The number of ether oxygens (including phenoxy) is 4. The van der Waals surface area contributed by atoms with Crippen molar-refractivity contribution in [2.24, 2.45) is 0 Å². The van der Waals surface area contributed by atoms with E-state index in [-0.39, 0.29) is 28.4 Å². The van der Waals surface area contributed by atoms with Crippen LogP contribution in [0.2, 0.25) is 0 Å². The summed E-state index contributed by atoms with van der Waals surface area (Å²) in [7, 11) is 4.29. The molecule has 0 unspecified atom stereocenters. The van der Waals surface area contributed by atoms with Gasteiger partial charge in [0.25, 0.3) is 0 Å². The average molecular weight is 332 g/mol. The molecule has 0 aliphatic heterocycles. The third-order valence-corrected chi connectivity index (χ3v) is 3.22. The Balaban J connectivity index is 2.39. The monoisotopic (exact) mass is 332 g/mol. The summed E-state index contributed by atoms with van der Waals surface area (Å²) in [6.07, 6.45) is 0. The van der Waals surface area contributed by atoms with Crippen LogP contribution in [0.15, 0.2) is 36.4 Å². The normalized spacial score (nSPS) is 9.96. The zero-order valence-electron chi connectivity index (χ0n) is 13.4. The van der Waals surface area contributed by atoms with Crippen molar-refractivity contribution in [1.82, 2.24) is 0 Å². The molecule has 0 radical (unpaired) electrons. The van der Waals surface area contributed by atoms with Crippen LogP contribution in [0.1, 0.15) is 20.7 Å². The maximum atomic E-state index is 12.4. The highest BCUT2D eigenvalue weighted by molar-refractivity contribution is 5.96. The second-order valence-electron chi connectivity index (χ2n) is 4.60. The molecule has 0 aliphatic carbocycles. The van der Waals surface area contributed by atoms with E-state index in [0.29, 0.717) is 5.75 Å². The van der Waals surface area contributed by atoms with E-state index in [1.54, 1.807) is 12.1 Å². The minimum atomic E-state index is -1.19. The molecule has 2 rings (SSSR count). The summed E-state index contributed by atoms with van der Waals surface area (Å²) in [6.45, 7) is 0. The maximum absolute atomic E-state index is 12.4. The van der Waals surface area contributed by atoms with Gasteiger partial charge in [-0.3, -0.25) is 0 Å². The van der Waals surface area contributed by atoms with Gasteiger partial charge in [0.2, 0.25) is 5.75 Å². The van der Waals surface area contributed by atoms with Crippen LogP contribution in [0, 0.1) is 0 Å². The number of rotatable bonds is 6. The molecule has 0 atom stereocenters. The lowest BCUT2D eigenvalue weighted by molar-refractivity contribution is 0.0681. The largest absolute Gasteiger partial charge is 0.493 e. The van der Waals surface area contributed by atoms with Crippen LogP contribution >= 0.6 is 0 Å². The summed E-state index contributed by atoms with van der Waals surface area (Å²) in [5, 5.41) is 9.13. The summed E-state index contributed by atoms with van der Waals surface area (Å²) in [4.78, 5) is 23.5. The molecule has 2 aromatic rings. The Bertz CT molecular complexity index is 742. The van der Waals surface area contributed by atoms with Crippen LogP contribution in [-0.2, 0) is 0 Å². The molecule has 0 aliphatic rings. The molecule has 0 aromatic heterocycles. The lowest BCUT2D eigenvalue weighted by Crippen LogP contribution is -2.12. The van der Waals surface area contributed by atoms with Crippen LogP contribution < -0.4 is 18.9 Å². The van der Waals surface area contributed by atoms with Gasteiger partial charge in [-0.1, -0.05) is 12.1 Å². The van der Waals surface area contributed by atoms with E-state index in [4.69, 9.17) is 24.1 Å². The van der Waals surface area contributed by atoms with Gasteiger partial charge in [-0.2, -0.15) is 0 Å². The quantitative estimate of drug-likeness (QED) is 0.642. The molecule has 0 heterocycles. The number of carbonyl (C=O) groups excluding carboxylic acids is 1. The number of methoxy groups -OCH3 is 3. The van der Waals surface area contributed by atoms with Crippen LogP contribution in [-0.4, -0.2) is 38.4 Å². The van der Waals surface area contributed by atoms with E-state index in [1.165, 1.54) is 45.6 Å². The molecule has 7 heteroatoms. The summed E-state index contributed by atoms with van der Waals surface area (Å²) in [6, 6.07) is 8.71. The smallest absolute Gasteiger partial charge is 0.343 e. The van der Waals surface area contributed by atoms with Crippen LogP contribution in [0.3, 0.4) is 0 Å². The van der Waals surface area contributed by atoms with Crippen LogP contribution in [0.5, 0.6) is 23.0 Å². The Kier molecular flexibility index (Phi) is 5.26. The molecule has 0 fully saturated rings. The predicted molar refractivity (Wildman–Crippen MR) is 84.5 cm³/mol. The van der Waals surface area contributed by atoms with Gasteiger partial charge in [0.15, 0.2) is 11.5 Å². The molecule has 2 aromatic carbocycles. The highest BCUT2D eigenvalue weighted by Gasteiger charge is 2.20. The van der Waals surface area contributed by atoms with Gasteiger partial charge < -0.3 is 24.1 Å². The van der Waals surface area contributed by atoms with E-state index >= 15 is 0 Å². The molecule has 0 saturated carbocycles. The van der Waals surface area contributed by atoms with Crippen molar-refractivity contribution in [3.8, 4) is 23.0 Å². The van der Waals surface area contributed by atoms with Crippen LogP contribution in [0.25, 0.3) is 0 Å². The van der Waals surface area contributed by atoms with Crippen molar-refractivity contribution >= 4 is 11.9 Å². The number of carboxylic acids is 1. The molecule has 126 valence electrons. The Morgan fingerprint density at radius 1 is 0.875 bits per heavy atom. The average Bonchev–Trinajstić information content (AvgIpc) is 2.60. The highest BCUT2D eigenvalue weighted by Crippen LogP contribution is 2.38. The van der Waals surface area contributed by atoms with Crippen LogP contribution in [0.4, 0.5) is 0 Å². The van der Waals surface area contributed by atoms with E-state index in [9.17, 15) is 9.59 Å². The van der Waals surface area contributed by atoms with E-state index in [1.807, 2.05) is 0 Å². The Hall–Kier alpha value is -3.22. The van der Waals surface area contributed by atoms with Crippen molar-refractivity contribution in [2.75, 3.05) is 21.3 Å². The van der Waals surface area contributed by atoms with E-state index in [0.717, 1.165) is 0 Å². The number of hydrogen-bond donors (Lipinski definition) is 1. The fraction of sp³-hybridized carbons (Fsp3) is 0.176. The minimum Gasteiger partial charge on any atom is -0.493 e. The Morgan fingerprint density at radius 2 is 1.46 bits per heavy atom. The molecule has 0 bridgehead atoms. The summed E-state index contributed by atoms with van der Waals surface area (Å²) >= 11 is 0. The Labute approximate surface area is 138 Å². The van der Waals surface area contributed by atoms with Crippen molar-refractivity contribution in [3.63, 3.8) is 0 Å². The van der Waals surface area contributed by atoms with Gasteiger partial charge in [-0.25, -0.2) is 9.59 Å². The maximum Gasteiger partial charge on any atom is 0.343 e. The van der Waals surface area contributed by atoms with Gasteiger partial charge in [-0.05, 0) is 24.3 Å². The molecule has 0 saturated heterocycles. The number of hydrogen-bond acceptors (Lipinski definition) is 6. The number of aromatic carboxylic acids is 1. The molecule has 0 spiro atoms. The lowest BCUT2D eigenvalue weighted by atomic mass is 10.1. The topological polar surface area (TPSA) is 91.3 Å². The lowest BCUT2D eigenvalue weighted by Gasteiger charge is -2.14. The first-order valence-corrected chi connectivity index (χ1v) is 6.86. The molecular weight excluding hydrogens is 316 g/mol. The summed E-state index contributed by atoms with van der Waals surface area (Å²) in [5.41, 5.74) is 0.0167. The zero-order valence-corrected chi connectivity index (χ0v) is 13.4. The number of benzene rings is 2. The number of carboxylic acid groups (broad SMARTS) is 1. The molecule has 7 nitrogen and oxygen atoms in total. The predicted octanol–water partition coefficient (Wildman–Crippen LogP) is 2.63. The van der Waals surface area contributed by atoms with Crippen molar-refractivity contribution in [3.05, 3.63) is 47.5 Å². The molecule has 1 N–H and O–H groups in total. The van der Waals surface area contributed by atoms with Gasteiger partial charge >= 0.3 is 11.9 Å². The number of para-hydroxylation sites is 1. The standard InChI is InChI=1S/C17H16O7/c1-21-13-8-10(9-14(22-2)15(13)23-3)17(20)24-12-7-5-4-6-11(12)16(18)19/h4-9H,1-3H3,(H,18,19). The first-order chi connectivity index (χ1) is 11.5. The third-order valence-electron chi connectivity index (χ3n) is 3.22. The number of esters is 1. The molecular formula is C17H16O7. The van der Waals surface area contributed by atoms with Gasteiger partial charge in [-0.15, -0.1) is 0 Å². The van der Waals surface area contributed by atoms with Crippen molar-refractivity contribution in [2.45, 2.75) is 0 Å². The fourth-order valence-electron chi connectivity index (χ4n) is 2.09. The Morgan fingerprint density at radius 3 is 1.96 bits per heavy atom. The second-order valence-corrected chi connectivity index (χ2v) is 4.60. The van der Waals surface area contributed by atoms with Crippen molar-refractivity contribution < 1.29 is 33.6 Å². The third kappa shape index (κ3) is 3.40.